The molecule has 2 aromatic rings. The second-order valence-electron chi connectivity index (χ2n) is 4.32. The molecule has 2 aromatic carbocycles. The third-order valence-electron chi connectivity index (χ3n) is 2.79. The number of nitrogens with two attached hydrogens (primary N) is 1. The standard InChI is InChI=1S/C14H12ClN3O2S/c15-14-7-13(5-4-11(14)8-16)21(19,20)18-9-10-2-1-3-12(17)6-10/h1-7,18H,9,17H2. The van der Waals surface area contributed by atoms with Crippen molar-refractivity contribution in [2.45, 2.75) is 11.4 Å². The minimum atomic E-state index is -3.70. The number of rotatable bonds is 4. The largest absolute Gasteiger partial charge is 0.399 e. The van der Waals surface area contributed by atoms with Crippen LogP contribution in [0.15, 0.2) is 47.4 Å². The van der Waals surface area contributed by atoms with E-state index in [0.717, 1.165) is 5.56 Å². The molecule has 0 saturated carbocycles. The van der Waals surface area contributed by atoms with Crippen LogP contribution >= 0.6 is 11.6 Å². The minimum Gasteiger partial charge on any atom is -0.399 e. The van der Waals surface area contributed by atoms with Gasteiger partial charge in [-0.05, 0) is 35.9 Å². The first kappa shape index (κ1) is 15.3. The van der Waals surface area contributed by atoms with Gasteiger partial charge in [0.2, 0.25) is 10.0 Å². The van der Waals surface area contributed by atoms with E-state index in [2.05, 4.69) is 4.72 Å². The fourth-order valence-electron chi connectivity index (χ4n) is 1.72. The van der Waals surface area contributed by atoms with Crippen LogP contribution in [0.3, 0.4) is 0 Å². The van der Waals surface area contributed by atoms with Crippen LogP contribution < -0.4 is 10.5 Å². The van der Waals surface area contributed by atoms with Crippen molar-refractivity contribution in [3.63, 3.8) is 0 Å². The van der Waals surface area contributed by atoms with Crippen molar-refractivity contribution in [2.75, 3.05) is 5.73 Å². The molecule has 0 amide bonds. The zero-order valence-electron chi connectivity index (χ0n) is 10.9. The number of anilines is 1. The Morgan fingerprint density at radius 2 is 2.00 bits per heavy atom. The summed E-state index contributed by atoms with van der Waals surface area (Å²) >= 11 is 5.84. The Bertz CT molecular complexity index is 813. The van der Waals surface area contributed by atoms with Crippen LogP contribution in [-0.2, 0) is 16.6 Å². The number of benzene rings is 2. The number of nitrogen functional groups attached to an aromatic ring is 1. The molecule has 0 aliphatic carbocycles. The molecule has 21 heavy (non-hydrogen) atoms. The van der Waals surface area contributed by atoms with Gasteiger partial charge < -0.3 is 5.73 Å². The van der Waals surface area contributed by atoms with Gasteiger partial charge in [0, 0.05) is 12.2 Å². The van der Waals surface area contributed by atoms with Gasteiger partial charge >= 0.3 is 0 Å². The maximum Gasteiger partial charge on any atom is 0.240 e. The number of hydrogen-bond acceptors (Lipinski definition) is 4. The van der Waals surface area contributed by atoms with Crippen LogP contribution in [0, 0.1) is 11.3 Å². The van der Waals surface area contributed by atoms with Gasteiger partial charge in [0.25, 0.3) is 0 Å². The Morgan fingerprint density at radius 3 is 2.62 bits per heavy atom. The van der Waals surface area contributed by atoms with Crippen molar-refractivity contribution in [1.29, 1.82) is 5.26 Å². The summed E-state index contributed by atoms with van der Waals surface area (Å²) in [7, 11) is -3.70. The van der Waals surface area contributed by atoms with Gasteiger partial charge in [0.15, 0.2) is 0 Å². The van der Waals surface area contributed by atoms with E-state index in [1.165, 1.54) is 18.2 Å². The van der Waals surface area contributed by atoms with Crippen LogP contribution in [0.5, 0.6) is 0 Å². The summed E-state index contributed by atoms with van der Waals surface area (Å²) in [5.41, 5.74) is 7.18. The summed E-state index contributed by atoms with van der Waals surface area (Å²) in [4.78, 5) is 0.00963. The van der Waals surface area contributed by atoms with E-state index in [0.29, 0.717) is 5.69 Å². The first-order valence-corrected chi connectivity index (χ1v) is 7.82. The van der Waals surface area contributed by atoms with Crippen molar-refractivity contribution in [3.8, 4) is 6.07 Å². The predicted octanol–water partition coefficient (Wildman–Crippen LogP) is 2.27. The Kier molecular flexibility index (Phi) is 4.48. The first-order valence-electron chi connectivity index (χ1n) is 5.96. The van der Waals surface area contributed by atoms with E-state index < -0.39 is 10.0 Å². The van der Waals surface area contributed by atoms with Crippen molar-refractivity contribution in [1.82, 2.24) is 4.72 Å². The number of nitrogens with one attached hydrogen (secondary N) is 1. The molecular formula is C14H12ClN3O2S. The minimum absolute atomic E-state index is 0.00963. The first-order chi connectivity index (χ1) is 9.92. The Balaban J connectivity index is 2.19. The zero-order chi connectivity index (χ0) is 15.5. The number of nitrogens with zero attached hydrogens (tertiary/aromatic N) is 1. The van der Waals surface area contributed by atoms with Crippen molar-refractivity contribution in [2.24, 2.45) is 0 Å². The maximum atomic E-state index is 12.2. The van der Waals surface area contributed by atoms with Gasteiger partial charge in [0.05, 0.1) is 15.5 Å². The number of halogens is 1. The second-order valence-corrected chi connectivity index (χ2v) is 6.50. The average molecular weight is 322 g/mol. The summed E-state index contributed by atoms with van der Waals surface area (Å²) in [6.07, 6.45) is 0. The molecule has 0 bridgehead atoms. The van der Waals surface area contributed by atoms with Crippen LogP contribution in [0.1, 0.15) is 11.1 Å². The molecule has 0 atom stereocenters. The third kappa shape index (κ3) is 3.73. The van der Waals surface area contributed by atoms with E-state index >= 15 is 0 Å². The third-order valence-corrected chi connectivity index (χ3v) is 4.50. The molecule has 0 heterocycles. The van der Waals surface area contributed by atoms with Gasteiger partial charge in [0.1, 0.15) is 6.07 Å². The van der Waals surface area contributed by atoms with Gasteiger partial charge in [-0.2, -0.15) is 5.26 Å². The number of sulfonamides is 1. The van der Waals surface area contributed by atoms with E-state index in [-0.39, 0.29) is 22.0 Å². The molecule has 0 aliphatic rings. The molecular weight excluding hydrogens is 310 g/mol. The SMILES string of the molecule is N#Cc1ccc(S(=O)(=O)NCc2cccc(N)c2)cc1Cl. The molecule has 7 heteroatoms. The highest BCUT2D eigenvalue weighted by Gasteiger charge is 2.15. The van der Waals surface area contributed by atoms with Gasteiger partial charge in [-0.3, -0.25) is 0 Å². The predicted molar refractivity (Wildman–Crippen MR) is 81.0 cm³/mol. The number of hydrogen-bond donors (Lipinski definition) is 2. The summed E-state index contributed by atoms with van der Waals surface area (Å²) in [6, 6.07) is 12.8. The zero-order valence-corrected chi connectivity index (χ0v) is 12.4. The molecule has 0 unspecified atom stereocenters. The molecule has 0 aliphatic heterocycles. The lowest BCUT2D eigenvalue weighted by molar-refractivity contribution is 0.581. The fraction of sp³-hybridized carbons (Fsp3) is 0.0714. The summed E-state index contributed by atoms with van der Waals surface area (Å²) in [5.74, 6) is 0. The van der Waals surface area contributed by atoms with Crippen molar-refractivity contribution in [3.05, 3.63) is 58.6 Å². The fourth-order valence-corrected chi connectivity index (χ4v) is 3.05. The topological polar surface area (TPSA) is 96.0 Å². The van der Waals surface area contributed by atoms with Crippen molar-refractivity contribution < 1.29 is 8.42 Å². The van der Waals surface area contributed by atoms with Crippen LogP contribution in [0.25, 0.3) is 0 Å². The highest BCUT2D eigenvalue weighted by Crippen LogP contribution is 2.20. The quantitative estimate of drug-likeness (QED) is 0.844. The van der Waals surface area contributed by atoms with Gasteiger partial charge in [-0.25, -0.2) is 13.1 Å². The lowest BCUT2D eigenvalue weighted by Gasteiger charge is -2.08. The number of nitriles is 1. The normalized spacial score (nSPS) is 11.0. The van der Waals surface area contributed by atoms with E-state index in [4.69, 9.17) is 22.6 Å². The lowest BCUT2D eigenvalue weighted by Crippen LogP contribution is -2.23. The van der Waals surface area contributed by atoms with Crippen LogP contribution in [0.2, 0.25) is 5.02 Å². The monoisotopic (exact) mass is 321 g/mol. The van der Waals surface area contributed by atoms with E-state index in [1.807, 2.05) is 6.07 Å². The van der Waals surface area contributed by atoms with Crippen LogP contribution in [-0.4, -0.2) is 8.42 Å². The molecule has 5 nitrogen and oxygen atoms in total. The van der Waals surface area contributed by atoms with Gasteiger partial charge in [-0.1, -0.05) is 23.7 Å². The molecule has 2 rings (SSSR count). The highest BCUT2D eigenvalue weighted by atomic mass is 35.5. The smallest absolute Gasteiger partial charge is 0.240 e. The highest BCUT2D eigenvalue weighted by molar-refractivity contribution is 7.89. The van der Waals surface area contributed by atoms with Crippen molar-refractivity contribution >= 4 is 27.3 Å². The summed E-state index contributed by atoms with van der Waals surface area (Å²) in [6.45, 7) is 0.116. The Hall–Kier alpha value is -2.07. The Morgan fingerprint density at radius 1 is 1.24 bits per heavy atom. The molecule has 108 valence electrons. The van der Waals surface area contributed by atoms with Gasteiger partial charge in [-0.15, -0.1) is 0 Å². The molecule has 0 saturated heterocycles. The van der Waals surface area contributed by atoms with Crippen LogP contribution in [0.4, 0.5) is 5.69 Å². The second kappa shape index (κ2) is 6.14. The molecule has 0 spiro atoms. The molecule has 0 aromatic heterocycles. The maximum absolute atomic E-state index is 12.2. The summed E-state index contributed by atoms with van der Waals surface area (Å²) in [5, 5.41) is 8.88. The summed E-state index contributed by atoms with van der Waals surface area (Å²) < 4.78 is 26.8. The molecule has 0 radical (unpaired) electrons. The van der Waals surface area contributed by atoms with E-state index in [1.54, 1.807) is 24.3 Å². The van der Waals surface area contributed by atoms with E-state index in [9.17, 15) is 8.42 Å². The molecule has 3 N–H and O–H groups in total. The average Bonchev–Trinajstić information content (AvgIpc) is 2.45. The lowest BCUT2D eigenvalue weighted by atomic mass is 10.2. The molecule has 0 fully saturated rings. The Labute approximate surface area is 128 Å².